The molecule has 0 spiro atoms. The van der Waals surface area contributed by atoms with Crippen LogP contribution in [0.4, 0.5) is 0 Å². The van der Waals surface area contributed by atoms with E-state index in [1.165, 1.54) is 14.5 Å². The molecule has 0 amide bonds. The largest absolute Gasteiger partial charge is 0.335 e. The van der Waals surface area contributed by atoms with E-state index in [2.05, 4.69) is 57.3 Å². The van der Waals surface area contributed by atoms with Crippen LogP contribution in [-0.2, 0) is 6.54 Å². The van der Waals surface area contributed by atoms with Crippen molar-refractivity contribution in [2.24, 2.45) is 0 Å². The van der Waals surface area contributed by atoms with Crippen molar-refractivity contribution in [3.63, 3.8) is 0 Å². The molecule has 0 saturated carbocycles. The number of benzene rings is 1. The predicted octanol–water partition coefficient (Wildman–Crippen LogP) is 2.88. The second-order valence-electron chi connectivity index (χ2n) is 2.83. The molecule has 1 nitrogen and oxygen atoms in total. The third-order valence-corrected chi connectivity index (χ3v) is 2.87. The average Bonchev–Trinajstić information content (AvgIpc) is 2.51. The number of nitrogens with zero attached hydrogens (tertiary/aromatic N) is 1. The first kappa shape index (κ1) is 8.64. The fourth-order valence-electron chi connectivity index (χ4n) is 1.44. The number of halogens is 1. The van der Waals surface area contributed by atoms with Gasteiger partial charge >= 0.3 is 0 Å². The highest BCUT2D eigenvalue weighted by Crippen LogP contribution is 2.21. The van der Waals surface area contributed by atoms with Gasteiger partial charge in [0.15, 0.2) is 0 Å². The summed E-state index contributed by atoms with van der Waals surface area (Å²) in [5.41, 5.74) is 1.24. The average molecular weight is 281 g/mol. The Morgan fingerprint density at radius 3 is 3.00 bits per heavy atom. The molecule has 1 heterocycles. The lowest BCUT2D eigenvalue weighted by Crippen LogP contribution is -1.93. The van der Waals surface area contributed by atoms with Gasteiger partial charge in [-0.25, -0.2) is 0 Å². The zero-order chi connectivity index (χ0) is 9.26. The van der Waals surface area contributed by atoms with Crippen LogP contribution in [0, 0.1) is 15.9 Å². The lowest BCUT2D eigenvalue weighted by molar-refractivity contribution is 0.884. The van der Waals surface area contributed by atoms with Crippen molar-refractivity contribution in [2.75, 3.05) is 0 Å². The molecule has 0 bridgehead atoms. The summed E-state index contributed by atoms with van der Waals surface area (Å²) >= 11 is 2.33. The molecule has 64 valence electrons. The molecule has 0 aliphatic heterocycles. The summed E-state index contributed by atoms with van der Waals surface area (Å²) in [6.45, 7) is 0.642. The highest BCUT2D eigenvalue weighted by atomic mass is 127. The first-order valence-electron chi connectivity index (χ1n) is 4.00. The van der Waals surface area contributed by atoms with Crippen LogP contribution in [0.3, 0.4) is 0 Å². The lowest BCUT2D eigenvalue weighted by Gasteiger charge is -2.01. The molecule has 2 heteroatoms. The van der Waals surface area contributed by atoms with E-state index in [1.807, 2.05) is 6.20 Å². The van der Waals surface area contributed by atoms with Gasteiger partial charge in [0, 0.05) is 15.2 Å². The van der Waals surface area contributed by atoms with Crippen molar-refractivity contribution in [3.05, 3.63) is 34.0 Å². The van der Waals surface area contributed by atoms with Gasteiger partial charge in [0.2, 0.25) is 0 Å². The SMILES string of the molecule is C#CCn1ccc2cccc(I)c21. The smallest absolute Gasteiger partial charge is 0.0835 e. The molecule has 0 aliphatic rings. The maximum Gasteiger partial charge on any atom is 0.0835 e. The Labute approximate surface area is 90.9 Å². The number of para-hydroxylation sites is 1. The maximum atomic E-state index is 5.29. The van der Waals surface area contributed by atoms with Gasteiger partial charge in [-0.1, -0.05) is 18.1 Å². The Morgan fingerprint density at radius 1 is 1.38 bits per heavy atom. The Balaban J connectivity index is 2.73. The summed E-state index contributed by atoms with van der Waals surface area (Å²) in [5.74, 6) is 2.65. The summed E-state index contributed by atoms with van der Waals surface area (Å²) in [4.78, 5) is 0. The topological polar surface area (TPSA) is 4.93 Å². The molecule has 1 aromatic heterocycles. The van der Waals surface area contributed by atoms with Gasteiger partial charge in [-0.05, 0) is 34.7 Å². The third kappa shape index (κ3) is 1.44. The molecule has 13 heavy (non-hydrogen) atoms. The van der Waals surface area contributed by atoms with Gasteiger partial charge in [0.1, 0.15) is 0 Å². The molecule has 2 rings (SSSR count). The number of terminal acetylenes is 1. The quantitative estimate of drug-likeness (QED) is 0.559. The summed E-state index contributed by atoms with van der Waals surface area (Å²) < 4.78 is 3.34. The summed E-state index contributed by atoms with van der Waals surface area (Å²) in [6.07, 6.45) is 7.32. The summed E-state index contributed by atoms with van der Waals surface area (Å²) in [5, 5.41) is 1.25. The number of hydrogen-bond acceptors (Lipinski definition) is 0. The second kappa shape index (κ2) is 3.43. The van der Waals surface area contributed by atoms with Gasteiger partial charge in [-0.2, -0.15) is 0 Å². The van der Waals surface area contributed by atoms with Crippen LogP contribution in [0.5, 0.6) is 0 Å². The van der Waals surface area contributed by atoms with Crippen molar-refractivity contribution in [1.82, 2.24) is 4.57 Å². The minimum Gasteiger partial charge on any atom is -0.335 e. The van der Waals surface area contributed by atoms with E-state index in [-0.39, 0.29) is 0 Å². The Bertz CT molecular complexity index is 476. The monoisotopic (exact) mass is 281 g/mol. The van der Waals surface area contributed by atoms with E-state index in [0.29, 0.717) is 6.54 Å². The minimum absolute atomic E-state index is 0.642. The number of rotatable bonds is 1. The zero-order valence-corrected chi connectivity index (χ0v) is 9.15. The Morgan fingerprint density at radius 2 is 2.23 bits per heavy atom. The van der Waals surface area contributed by atoms with Crippen molar-refractivity contribution in [3.8, 4) is 12.3 Å². The van der Waals surface area contributed by atoms with E-state index >= 15 is 0 Å². The molecule has 0 atom stereocenters. The third-order valence-electron chi connectivity index (χ3n) is 2.00. The van der Waals surface area contributed by atoms with E-state index in [1.54, 1.807) is 0 Å². The highest BCUT2D eigenvalue weighted by Gasteiger charge is 2.02. The fourth-order valence-corrected chi connectivity index (χ4v) is 2.27. The van der Waals surface area contributed by atoms with Crippen molar-refractivity contribution in [1.29, 1.82) is 0 Å². The van der Waals surface area contributed by atoms with Crippen LogP contribution >= 0.6 is 22.6 Å². The normalized spacial score (nSPS) is 10.2. The van der Waals surface area contributed by atoms with Crippen LogP contribution in [0.15, 0.2) is 30.5 Å². The van der Waals surface area contributed by atoms with Gasteiger partial charge in [-0.3, -0.25) is 0 Å². The fraction of sp³-hybridized carbons (Fsp3) is 0.0909. The van der Waals surface area contributed by atoms with E-state index in [0.717, 1.165) is 0 Å². The molecular weight excluding hydrogens is 273 g/mol. The van der Waals surface area contributed by atoms with Crippen LogP contribution in [-0.4, -0.2) is 4.57 Å². The second-order valence-corrected chi connectivity index (χ2v) is 3.99. The number of hydrogen-bond donors (Lipinski definition) is 0. The maximum absolute atomic E-state index is 5.29. The first-order chi connectivity index (χ1) is 6.33. The molecular formula is C11H8IN. The summed E-state index contributed by atoms with van der Waals surface area (Å²) in [6, 6.07) is 8.35. The molecule has 0 aliphatic carbocycles. The van der Waals surface area contributed by atoms with Crippen LogP contribution in [0.1, 0.15) is 0 Å². The molecule has 0 N–H and O–H groups in total. The van der Waals surface area contributed by atoms with Gasteiger partial charge in [0.05, 0.1) is 12.1 Å². The molecule has 0 fully saturated rings. The van der Waals surface area contributed by atoms with E-state index in [4.69, 9.17) is 6.42 Å². The minimum atomic E-state index is 0.642. The highest BCUT2D eigenvalue weighted by molar-refractivity contribution is 14.1. The molecule has 2 aromatic rings. The van der Waals surface area contributed by atoms with E-state index < -0.39 is 0 Å². The van der Waals surface area contributed by atoms with E-state index in [9.17, 15) is 0 Å². The number of fused-ring (bicyclic) bond motifs is 1. The Kier molecular flexibility index (Phi) is 2.28. The first-order valence-corrected chi connectivity index (χ1v) is 5.07. The van der Waals surface area contributed by atoms with Gasteiger partial charge in [0.25, 0.3) is 0 Å². The molecule has 0 unspecified atom stereocenters. The molecule has 1 aromatic carbocycles. The Hall–Kier alpha value is -0.950. The summed E-state index contributed by atoms with van der Waals surface area (Å²) in [7, 11) is 0. The van der Waals surface area contributed by atoms with Crippen molar-refractivity contribution >= 4 is 33.5 Å². The number of aromatic nitrogens is 1. The van der Waals surface area contributed by atoms with Crippen molar-refractivity contribution < 1.29 is 0 Å². The van der Waals surface area contributed by atoms with Gasteiger partial charge in [-0.15, -0.1) is 6.42 Å². The zero-order valence-electron chi connectivity index (χ0n) is 7.00. The van der Waals surface area contributed by atoms with Crippen LogP contribution in [0.25, 0.3) is 10.9 Å². The van der Waals surface area contributed by atoms with Crippen LogP contribution < -0.4 is 0 Å². The predicted molar refractivity (Wildman–Crippen MR) is 63.5 cm³/mol. The molecule has 0 radical (unpaired) electrons. The molecule has 0 saturated heterocycles. The lowest BCUT2D eigenvalue weighted by atomic mass is 10.2. The standard InChI is InChI=1S/C11H8IN/c1-2-7-13-8-6-9-4-3-5-10(12)11(9)13/h1,3-6,8H,7H2. The van der Waals surface area contributed by atoms with Crippen molar-refractivity contribution in [2.45, 2.75) is 6.54 Å². The van der Waals surface area contributed by atoms with Crippen LogP contribution in [0.2, 0.25) is 0 Å². The van der Waals surface area contributed by atoms with Gasteiger partial charge < -0.3 is 4.57 Å².